The zero-order valence-corrected chi connectivity index (χ0v) is 33.1. The number of anilines is 3. The molecule has 0 atom stereocenters. The van der Waals surface area contributed by atoms with Gasteiger partial charge in [-0.15, -0.1) is 0 Å². The molecular weight excluding hydrogens is 720 g/mol. The van der Waals surface area contributed by atoms with Crippen LogP contribution in [0.25, 0.3) is 0 Å². The van der Waals surface area contributed by atoms with Crippen LogP contribution in [0.3, 0.4) is 0 Å². The molecule has 0 heterocycles. The van der Waals surface area contributed by atoms with Gasteiger partial charge in [0.25, 0.3) is 0 Å². The van der Waals surface area contributed by atoms with Gasteiger partial charge in [0.2, 0.25) is 0 Å². The molecule has 0 aliphatic rings. The Labute approximate surface area is 327 Å². The third-order valence-electron chi connectivity index (χ3n) is 7.14. The predicted molar refractivity (Wildman–Crippen MR) is 219 cm³/mol. The number of amides is 6. The first kappa shape index (κ1) is 45.6. The molecule has 304 valence electrons. The number of benzene rings is 4. The fraction of sp³-hybridized carbons (Fsp3) is 0.341. The van der Waals surface area contributed by atoms with Crippen LogP contribution < -0.4 is 31.9 Å². The van der Waals surface area contributed by atoms with Gasteiger partial charge in [-0.2, -0.15) is 0 Å². The smallest absolute Gasteiger partial charge is 0.319 e. The molecule has 15 heteroatoms. The topological polar surface area (TPSA) is 245 Å². The minimum absolute atomic E-state index is 0.0541. The summed E-state index contributed by atoms with van der Waals surface area (Å²) >= 11 is 0. The maximum atomic E-state index is 12.0. The molecular formula is C41H56N6O9. The second-order valence-electron chi connectivity index (χ2n) is 15.8. The highest BCUT2D eigenvalue weighted by atomic mass is 16.3. The lowest BCUT2D eigenvalue weighted by Crippen LogP contribution is -2.47. The van der Waals surface area contributed by atoms with E-state index in [2.05, 4.69) is 52.7 Å². The van der Waals surface area contributed by atoms with Gasteiger partial charge in [-0.05, 0) is 94.8 Å². The lowest BCUT2D eigenvalue weighted by Gasteiger charge is -2.33. The molecule has 0 aromatic heterocycles. The molecule has 0 fully saturated rings. The first-order valence-electron chi connectivity index (χ1n) is 17.7. The first-order valence-corrected chi connectivity index (χ1v) is 17.7. The van der Waals surface area contributed by atoms with Crippen molar-refractivity contribution in [3.05, 3.63) is 90.5 Å². The van der Waals surface area contributed by atoms with E-state index in [1.54, 1.807) is 0 Å². The van der Waals surface area contributed by atoms with Gasteiger partial charge >= 0.3 is 18.1 Å². The number of urea groups is 3. The van der Waals surface area contributed by atoms with Crippen LogP contribution in [0.1, 0.15) is 67.4 Å². The Hall–Kier alpha value is -6.51. The molecule has 0 aliphatic heterocycles. The Kier molecular flexibility index (Phi) is 16.5. The number of aromatic hydroxyl groups is 6. The summed E-state index contributed by atoms with van der Waals surface area (Å²) < 4.78 is 0. The van der Waals surface area contributed by atoms with Crippen molar-refractivity contribution in [2.75, 3.05) is 22.5 Å². The van der Waals surface area contributed by atoms with Gasteiger partial charge in [0.15, 0.2) is 0 Å². The molecule has 4 aromatic carbocycles. The number of nitrogens with one attached hydrogen (secondary N) is 6. The van der Waals surface area contributed by atoms with Crippen molar-refractivity contribution in [3.8, 4) is 34.5 Å². The van der Waals surface area contributed by atoms with Crippen molar-refractivity contribution in [1.29, 1.82) is 0 Å². The van der Waals surface area contributed by atoms with Crippen LogP contribution in [-0.4, -0.2) is 66.4 Å². The average Bonchev–Trinajstić information content (AvgIpc) is 3.04. The maximum absolute atomic E-state index is 12.0. The van der Waals surface area contributed by atoms with Crippen molar-refractivity contribution in [2.24, 2.45) is 5.41 Å². The van der Waals surface area contributed by atoms with Crippen molar-refractivity contribution in [3.63, 3.8) is 0 Å². The number of hydrogen-bond donors (Lipinski definition) is 12. The number of phenolic OH excluding ortho intramolecular Hbond substituents is 6. The monoisotopic (exact) mass is 776 g/mol. The van der Waals surface area contributed by atoms with Crippen LogP contribution in [0.2, 0.25) is 0 Å². The second kappa shape index (κ2) is 20.2. The number of carbonyl (C=O) groups excluding carboxylic acids is 3. The minimum atomic E-state index is -0.409. The van der Waals surface area contributed by atoms with Crippen molar-refractivity contribution in [1.82, 2.24) is 16.0 Å². The Balaban J connectivity index is 0.000000292. The molecule has 0 unspecified atom stereocenters. The van der Waals surface area contributed by atoms with E-state index in [0.717, 1.165) is 24.5 Å². The van der Waals surface area contributed by atoms with E-state index in [1.165, 1.54) is 48.5 Å². The normalized spacial score (nSPS) is 11.0. The van der Waals surface area contributed by atoms with Crippen LogP contribution in [0.5, 0.6) is 34.5 Å². The molecule has 0 saturated heterocycles. The molecule has 0 saturated carbocycles. The molecule has 4 rings (SSSR count). The molecule has 15 nitrogen and oxygen atoms in total. The summed E-state index contributed by atoms with van der Waals surface area (Å²) in [6.45, 7) is 16.3. The summed E-state index contributed by atoms with van der Waals surface area (Å²) in [5.74, 6) is -0.695. The summed E-state index contributed by atoms with van der Waals surface area (Å²) in [7, 11) is 0. The molecule has 0 radical (unpaired) electrons. The van der Waals surface area contributed by atoms with E-state index in [4.69, 9.17) is 10.2 Å². The molecule has 6 amide bonds. The predicted octanol–water partition coefficient (Wildman–Crippen LogP) is 7.91. The van der Waals surface area contributed by atoms with Crippen LogP contribution >= 0.6 is 0 Å². The second-order valence-corrected chi connectivity index (χ2v) is 15.8. The van der Waals surface area contributed by atoms with Gasteiger partial charge < -0.3 is 62.5 Å². The zero-order valence-electron chi connectivity index (χ0n) is 33.1. The van der Waals surface area contributed by atoms with E-state index in [-0.39, 0.29) is 74.1 Å². The van der Waals surface area contributed by atoms with E-state index >= 15 is 0 Å². The quantitative estimate of drug-likeness (QED) is 0.0613. The minimum Gasteiger partial charge on any atom is -0.508 e. The van der Waals surface area contributed by atoms with E-state index in [9.17, 15) is 34.8 Å². The first-order chi connectivity index (χ1) is 25.9. The van der Waals surface area contributed by atoms with Crippen molar-refractivity contribution >= 4 is 35.2 Å². The van der Waals surface area contributed by atoms with Crippen molar-refractivity contribution in [2.45, 2.75) is 79.3 Å². The van der Waals surface area contributed by atoms with Gasteiger partial charge in [0.05, 0.1) is 17.1 Å². The molecule has 12 N–H and O–H groups in total. The number of phenols is 6. The third kappa shape index (κ3) is 18.5. The molecule has 0 bridgehead atoms. The zero-order chi connectivity index (χ0) is 42.3. The standard InChI is InChI=1S/C15H16N2O3.C15H24N2O3.C11H16N2O3/c18-12-6-7-13(14(19)10-12)17-15(20)16-9-8-11-4-2-1-3-5-11;1-14(2,3)9-15(4,5)17-13(20)16-11-7-6-10(18)8-12(11)19;1-11(2,3)13-10(16)12-8-5-4-7(14)6-9(8)15/h1-7,10,18-19H,8-9H2,(H2,16,17,20);6-8,18-19H,9H2,1-5H3,(H2,16,17,20);4-6,14-15H,1-3H3,(H2,12,13,16). The fourth-order valence-electron chi connectivity index (χ4n) is 5.33. The van der Waals surface area contributed by atoms with Crippen LogP contribution in [0.4, 0.5) is 31.4 Å². The lowest BCUT2D eigenvalue weighted by molar-refractivity contribution is 0.220. The average molecular weight is 777 g/mol. The van der Waals surface area contributed by atoms with E-state index in [1.807, 2.05) is 65.0 Å². The number of carbonyl (C=O) groups is 3. The van der Waals surface area contributed by atoms with Crippen LogP contribution in [0, 0.1) is 5.41 Å². The highest BCUT2D eigenvalue weighted by Gasteiger charge is 2.27. The Morgan fingerprint density at radius 2 is 0.911 bits per heavy atom. The van der Waals surface area contributed by atoms with Crippen LogP contribution in [-0.2, 0) is 6.42 Å². The van der Waals surface area contributed by atoms with E-state index < -0.39 is 12.1 Å². The molecule has 0 spiro atoms. The molecule has 4 aromatic rings. The fourth-order valence-corrected chi connectivity index (χ4v) is 5.33. The Morgan fingerprint density at radius 3 is 1.29 bits per heavy atom. The SMILES string of the molecule is CC(C)(C)CC(C)(C)NC(=O)Nc1ccc(O)cc1O.CC(C)(C)NC(=O)Nc1ccc(O)cc1O.O=C(NCCc1ccccc1)Nc1ccc(O)cc1O. The Morgan fingerprint density at radius 1 is 0.518 bits per heavy atom. The maximum Gasteiger partial charge on any atom is 0.319 e. The largest absolute Gasteiger partial charge is 0.508 e. The van der Waals surface area contributed by atoms with Gasteiger partial charge in [-0.1, -0.05) is 51.1 Å². The Bertz CT molecular complexity index is 1910. The van der Waals surface area contributed by atoms with Crippen LogP contribution in [0.15, 0.2) is 84.9 Å². The summed E-state index contributed by atoms with van der Waals surface area (Å²) in [4.78, 5) is 35.1. The van der Waals surface area contributed by atoms with Gasteiger partial charge in [-0.25, -0.2) is 14.4 Å². The summed E-state index contributed by atoms with van der Waals surface area (Å²) in [6.07, 6.45) is 1.55. The van der Waals surface area contributed by atoms with Gasteiger partial charge in [0.1, 0.15) is 34.5 Å². The third-order valence-corrected chi connectivity index (χ3v) is 7.14. The lowest BCUT2D eigenvalue weighted by atomic mass is 9.82. The highest BCUT2D eigenvalue weighted by Crippen LogP contribution is 2.30. The van der Waals surface area contributed by atoms with E-state index in [0.29, 0.717) is 6.54 Å². The number of rotatable bonds is 8. The van der Waals surface area contributed by atoms with Gasteiger partial charge in [-0.3, -0.25) is 0 Å². The number of hydrogen-bond acceptors (Lipinski definition) is 9. The summed E-state index contributed by atoms with van der Waals surface area (Å²) in [5.41, 5.74) is 1.27. The molecule has 0 aliphatic carbocycles. The summed E-state index contributed by atoms with van der Waals surface area (Å²) in [6, 6.07) is 20.6. The van der Waals surface area contributed by atoms with Gasteiger partial charge in [0, 0.05) is 35.8 Å². The molecule has 56 heavy (non-hydrogen) atoms. The highest BCUT2D eigenvalue weighted by molar-refractivity contribution is 5.92. The summed E-state index contributed by atoms with van der Waals surface area (Å²) in [5, 5.41) is 71.8. The van der Waals surface area contributed by atoms with Crippen molar-refractivity contribution < 1.29 is 45.0 Å².